The van der Waals surface area contributed by atoms with Crippen molar-refractivity contribution in [3.63, 3.8) is 0 Å². The average Bonchev–Trinajstić information content (AvgIpc) is 2.49. The van der Waals surface area contributed by atoms with Gasteiger partial charge in [-0.05, 0) is 36.8 Å². The number of nitrogens with one attached hydrogen (secondary N) is 1. The molecule has 0 heterocycles. The zero-order chi connectivity index (χ0) is 15.8. The summed E-state index contributed by atoms with van der Waals surface area (Å²) in [4.78, 5) is 12.8. The predicted octanol–water partition coefficient (Wildman–Crippen LogP) is 3.77. The zero-order valence-electron chi connectivity index (χ0n) is 12.3. The van der Waals surface area contributed by atoms with Gasteiger partial charge in [0.1, 0.15) is 5.82 Å². The Hall–Kier alpha value is -2.14. The van der Waals surface area contributed by atoms with E-state index in [2.05, 4.69) is 10.5 Å². The van der Waals surface area contributed by atoms with E-state index in [1.807, 2.05) is 31.2 Å². The number of carbonyl (C=O) groups is 1. The molecule has 2 aromatic carbocycles. The van der Waals surface area contributed by atoms with Crippen molar-refractivity contribution in [3.05, 3.63) is 65.5 Å². The van der Waals surface area contributed by atoms with Gasteiger partial charge in [0.25, 0.3) is 0 Å². The minimum atomic E-state index is -0.329. The molecule has 5 heteroatoms. The van der Waals surface area contributed by atoms with E-state index in [9.17, 15) is 9.18 Å². The first-order valence-electron chi connectivity index (χ1n) is 6.90. The van der Waals surface area contributed by atoms with Crippen molar-refractivity contribution < 1.29 is 9.18 Å². The summed E-state index contributed by atoms with van der Waals surface area (Å²) in [6.45, 7) is 2.04. The summed E-state index contributed by atoms with van der Waals surface area (Å²) >= 11 is 1.63. The average molecular weight is 316 g/mol. The van der Waals surface area contributed by atoms with Crippen molar-refractivity contribution in [2.75, 3.05) is 5.75 Å². The first kappa shape index (κ1) is 16.2. The number of aryl methyl sites for hydroxylation is 1. The Balaban J connectivity index is 1.70. The molecule has 0 aliphatic heterocycles. The van der Waals surface area contributed by atoms with Gasteiger partial charge in [0.05, 0.1) is 6.21 Å². The molecule has 0 aliphatic rings. The lowest BCUT2D eigenvalue weighted by Crippen LogP contribution is -2.17. The molecule has 2 rings (SSSR count). The number of hydrazone groups is 1. The number of rotatable bonds is 6. The number of amides is 1. The van der Waals surface area contributed by atoms with Gasteiger partial charge in [-0.1, -0.05) is 29.8 Å². The minimum absolute atomic E-state index is 0.160. The number of benzene rings is 2. The van der Waals surface area contributed by atoms with Gasteiger partial charge in [0.15, 0.2) is 0 Å². The molecule has 1 amide bonds. The van der Waals surface area contributed by atoms with Crippen LogP contribution in [0.1, 0.15) is 17.5 Å². The third kappa shape index (κ3) is 5.69. The fraction of sp³-hybridized carbons (Fsp3) is 0.176. The monoisotopic (exact) mass is 316 g/mol. The van der Waals surface area contributed by atoms with Gasteiger partial charge in [-0.2, -0.15) is 5.10 Å². The molecule has 0 fully saturated rings. The molecule has 3 nitrogen and oxygen atoms in total. The van der Waals surface area contributed by atoms with Gasteiger partial charge >= 0.3 is 0 Å². The third-order valence-electron chi connectivity index (χ3n) is 2.87. The number of halogens is 1. The van der Waals surface area contributed by atoms with Crippen LogP contribution in [0.2, 0.25) is 0 Å². The Morgan fingerprint density at radius 2 is 2.05 bits per heavy atom. The van der Waals surface area contributed by atoms with Crippen LogP contribution in [0.4, 0.5) is 4.39 Å². The highest BCUT2D eigenvalue weighted by atomic mass is 32.2. The Bertz CT molecular complexity index is 656. The molecular weight excluding hydrogens is 299 g/mol. The molecule has 0 radical (unpaired) electrons. The Labute approximate surface area is 133 Å². The van der Waals surface area contributed by atoms with E-state index in [1.54, 1.807) is 23.9 Å². The molecule has 0 saturated carbocycles. The first-order valence-corrected chi connectivity index (χ1v) is 7.89. The van der Waals surface area contributed by atoms with Gasteiger partial charge in [0, 0.05) is 17.1 Å². The summed E-state index contributed by atoms with van der Waals surface area (Å²) in [7, 11) is 0. The maximum atomic E-state index is 13.0. The van der Waals surface area contributed by atoms with E-state index in [0.29, 0.717) is 17.7 Å². The first-order chi connectivity index (χ1) is 10.6. The standard InChI is InChI=1S/C17H17FN2OS/c1-13-5-7-16(8-6-13)22-10-9-17(21)20-19-12-14-3-2-4-15(18)11-14/h2-8,11-12H,9-10H2,1H3,(H,20,21)/b19-12-. The molecule has 0 saturated heterocycles. The Kier molecular flexibility index (Phi) is 6.15. The highest BCUT2D eigenvalue weighted by Gasteiger charge is 2.00. The summed E-state index contributed by atoms with van der Waals surface area (Å²) in [6.07, 6.45) is 1.80. The highest BCUT2D eigenvalue weighted by molar-refractivity contribution is 7.99. The summed E-state index contributed by atoms with van der Waals surface area (Å²) in [5.41, 5.74) is 4.26. The van der Waals surface area contributed by atoms with Crippen LogP contribution in [0.25, 0.3) is 0 Å². The highest BCUT2D eigenvalue weighted by Crippen LogP contribution is 2.18. The molecule has 0 unspecified atom stereocenters. The quantitative estimate of drug-likeness (QED) is 0.501. The molecule has 22 heavy (non-hydrogen) atoms. The molecule has 0 aromatic heterocycles. The fourth-order valence-corrected chi connectivity index (χ4v) is 2.57. The van der Waals surface area contributed by atoms with Crippen LogP contribution in [0.5, 0.6) is 0 Å². The fourth-order valence-electron chi connectivity index (χ4n) is 1.72. The predicted molar refractivity (Wildman–Crippen MR) is 88.7 cm³/mol. The Morgan fingerprint density at radius 3 is 2.77 bits per heavy atom. The maximum absolute atomic E-state index is 13.0. The normalized spacial score (nSPS) is 10.8. The van der Waals surface area contributed by atoms with Crippen LogP contribution in [0, 0.1) is 12.7 Å². The van der Waals surface area contributed by atoms with E-state index in [0.717, 1.165) is 4.90 Å². The van der Waals surface area contributed by atoms with Crippen molar-refractivity contribution in [2.24, 2.45) is 5.10 Å². The zero-order valence-corrected chi connectivity index (χ0v) is 13.1. The van der Waals surface area contributed by atoms with Crippen LogP contribution in [-0.2, 0) is 4.79 Å². The molecule has 0 spiro atoms. The largest absolute Gasteiger partial charge is 0.273 e. The lowest BCUT2D eigenvalue weighted by molar-refractivity contribution is -0.120. The lowest BCUT2D eigenvalue weighted by atomic mass is 10.2. The topological polar surface area (TPSA) is 41.5 Å². The van der Waals surface area contributed by atoms with Gasteiger partial charge < -0.3 is 0 Å². The number of carbonyl (C=O) groups excluding carboxylic acids is 1. The summed E-state index contributed by atoms with van der Waals surface area (Å²) in [6, 6.07) is 14.2. The second-order valence-corrected chi connectivity index (χ2v) is 5.93. The van der Waals surface area contributed by atoms with Gasteiger partial charge in [-0.3, -0.25) is 4.79 Å². The maximum Gasteiger partial charge on any atom is 0.240 e. The summed E-state index contributed by atoms with van der Waals surface area (Å²) in [5.74, 6) is 0.196. The molecule has 1 N–H and O–H groups in total. The SMILES string of the molecule is Cc1ccc(SCCC(=O)N/N=C\c2cccc(F)c2)cc1. The Morgan fingerprint density at radius 1 is 1.27 bits per heavy atom. The van der Waals surface area contributed by atoms with E-state index in [4.69, 9.17) is 0 Å². The minimum Gasteiger partial charge on any atom is -0.273 e. The summed E-state index contributed by atoms with van der Waals surface area (Å²) in [5, 5.41) is 3.82. The molecule has 0 bridgehead atoms. The van der Waals surface area contributed by atoms with Crippen molar-refractivity contribution in [1.29, 1.82) is 0 Å². The van der Waals surface area contributed by atoms with Crippen LogP contribution in [0.3, 0.4) is 0 Å². The van der Waals surface area contributed by atoms with Gasteiger partial charge in [0.2, 0.25) is 5.91 Å². The lowest BCUT2D eigenvalue weighted by Gasteiger charge is -2.02. The third-order valence-corrected chi connectivity index (χ3v) is 3.88. The van der Waals surface area contributed by atoms with E-state index >= 15 is 0 Å². The molecule has 114 valence electrons. The number of thioether (sulfide) groups is 1. The van der Waals surface area contributed by atoms with Crippen molar-refractivity contribution in [3.8, 4) is 0 Å². The molecule has 0 aliphatic carbocycles. The van der Waals surface area contributed by atoms with Gasteiger partial charge in [-0.15, -0.1) is 11.8 Å². The molecule has 2 aromatic rings. The van der Waals surface area contributed by atoms with E-state index in [-0.39, 0.29) is 11.7 Å². The summed E-state index contributed by atoms with van der Waals surface area (Å²) < 4.78 is 13.0. The van der Waals surface area contributed by atoms with Crippen LogP contribution < -0.4 is 5.43 Å². The van der Waals surface area contributed by atoms with Crippen molar-refractivity contribution in [1.82, 2.24) is 5.43 Å². The van der Waals surface area contributed by atoms with Crippen LogP contribution in [-0.4, -0.2) is 17.9 Å². The van der Waals surface area contributed by atoms with Crippen molar-refractivity contribution in [2.45, 2.75) is 18.2 Å². The number of nitrogens with zero attached hydrogens (tertiary/aromatic N) is 1. The second kappa shape index (κ2) is 8.34. The molecular formula is C17H17FN2OS. The van der Waals surface area contributed by atoms with Gasteiger partial charge in [-0.25, -0.2) is 9.82 Å². The van der Waals surface area contributed by atoms with E-state index < -0.39 is 0 Å². The smallest absolute Gasteiger partial charge is 0.240 e. The number of hydrogen-bond acceptors (Lipinski definition) is 3. The van der Waals surface area contributed by atoms with Crippen molar-refractivity contribution >= 4 is 23.9 Å². The molecule has 0 atom stereocenters. The van der Waals surface area contributed by atoms with E-state index in [1.165, 1.54) is 23.9 Å². The van der Waals surface area contributed by atoms with Crippen LogP contribution in [0.15, 0.2) is 58.5 Å². The second-order valence-electron chi connectivity index (χ2n) is 4.76. The van der Waals surface area contributed by atoms with Crippen LogP contribution >= 0.6 is 11.8 Å². The number of hydrogen-bond donors (Lipinski definition) is 1.